The summed E-state index contributed by atoms with van der Waals surface area (Å²) in [7, 11) is 0.909. The van der Waals surface area contributed by atoms with Gasteiger partial charge < -0.3 is 28.4 Å². The summed E-state index contributed by atoms with van der Waals surface area (Å²) in [6.45, 7) is 12.2. The van der Waals surface area contributed by atoms with Gasteiger partial charge in [0.25, 0.3) is 5.88 Å². The van der Waals surface area contributed by atoms with Crippen molar-refractivity contribution in [3.63, 3.8) is 0 Å². The minimum absolute atomic E-state index is 0.0147. The number of rotatable bonds is 11. The van der Waals surface area contributed by atoms with Crippen LogP contribution in [0.4, 0.5) is 5.69 Å². The molecule has 1 aromatic heterocycles. The van der Waals surface area contributed by atoms with E-state index in [2.05, 4.69) is 30.8 Å². The van der Waals surface area contributed by atoms with Gasteiger partial charge in [-0.25, -0.2) is 0 Å². The number of carbonyl (C=O) groups excluding carboxylic acids is 3. The highest BCUT2D eigenvalue weighted by Gasteiger charge is 2.67. The molecule has 2 heterocycles. The Morgan fingerprint density at radius 3 is 2.17 bits per heavy atom. The Hall–Kier alpha value is -5.04. The van der Waals surface area contributed by atoms with E-state index in [1.54, 1.807) is 6.07 Å². The average Bonchev–Trinajstić information content (AvgIpc) is 3.88. The maximum atomic E-state index is 15.6. The van der Waals surface area contributed by atoms with Crippen LogP contribution in [0.3, 0.4) is 0 Å². The quantitative estimate of drug-likeness (QED) is 0.115. The van der Waals surface area contributed by atoms with Crippen molar-refractivity contribution >= 4 is 31.9 Å². The number of allylic oxidation sites excluding steroid dienone is 1. The number of aromatic nitrogens is 1. The minimum Gasteiger partial charge on any atom is -0.508 e. The van der Waals surface area contributed by atoms with E-state index >= 15 is 9.59 Å². The Bertz CT molecular complexity index is 2270. The smallest absolute Gasteiger partial charge is 0.265 e. The third kappa shape index (κ3) is 6.49. The molecular formula is C46H53N3O8Si. The monoisotopic (exact) mass is 803 g/mol. The highest BCUT2D eigenvalue weighted by atomic mass is 28.4. The Morgan fingerprint density at radius 2 is 1.59 bits per heavy atom. The molecule has 11 nitrogen and oxygen atoms in total. The maximum absolute atomic E-state index is 15.6. The van der Waals surface area contributed by atoms with Crippen LogP contribution in [0.5, 0.6) is 11.6 Å². The standard InChI is InChI=1S/C46H53N3O8Si/c1-45(2,3)58(6,7)57-46-33(39(48(4)5)41-37(43(46)53)44(47-56-41)55-27-29-18-12-9-13-19-29)23-30-22-32-36(40(51)35(30)42(46)52)34(54-26-28-16-10-8-11-17-28)24-31(25-50)38(32)49-20-14-15-21-49/h8-13,16-19,24-25,30,33,39,52H,14-15,20-23,26-27H2,1-7H3/t30-,33-,39-,46-/m0/s1. The van der Waals surface area contributed by atoms with Crippen LogP contribution in [0, 0.1) is 11.8 Å². The Morgan fingerprint density at radius 1 is 0.966 bits per heavy atom. The minimum atomic E-state index is -2.90. The lowest BCUT2D eigenvalue weighted by molar-refractivity contribution is -0.0480. The number of carbonyl (C=O) groups is 3. The summed E-state index contributed by atoms with van der Waals surface area (Å²) in [5, 5.41) is 17.0. The van der Waals surface area contributed by atoms with Gasteiger partial charge in [0, 0.05) is 30.1 Å². The molecule has 1 aliphatic heterocycles. The third-order valence-electron chi connectivity index (χ3n) is 13.1. The van der Waals surface area contributed by atoms with Gasteiger partial charge in [-0.15, -0.1) is 0 Å². The second-order valence-electron chi connectivity index (χ2n) is 17.9. The molecule has 8 rings (SSSR count). The van der Waals surface area contributed by atoms with E-state index in [4.69, 9.17) is 18.4 Å². The number of benzene rings is 3. The van der Waals surface area contributed by atoms with Crippen molar-refractivity contribution in [3.8, 4) is 11.6 Å². The molecular weight excluding hydrogens is 751 g/mol. The van der Waals surface area contributed by atoms with Crippen LogP contribution in [-0.2, 0) is 24.1 Å². The van der Waals surface area contributed by atoms with Crippen molar-refractivity contribution in [2.24, 2.45) is 11.8 Å². The Kier molecular flexibility index (Phi) is 10.3. The summed E-state index contributed by atoms with van der Waals surface area (Å²) in [6, 6.07) is 20.3. The zero-order valence-electron chi connectivity index (χ0n) is 34.5. The first-order valence-electron chi connectivity index (χ1n) is 20.3. The van der Waals surface area contributed by atoms with Gasteiger partial charge in [0.2, 0.25) is 5.78 Å². The van der Waals surface area contributed by atoms with Crippen molar-refractivity contribution in [2.45, 2.75) is 89.4 Å². The van der Waals surface area contributed by atoms with Crippen LogP contribution in [0.1, 0.15) is 99.6 Å². The van der Waals surface area contributed by atoms with Gasteiger partial charge in [-0.1, -0.05) is 81.4 Å². The van der Waals surface area contributed by atoms with Crippen molar-refractivity contribution < 1.29 is 37.9 Å². The molecule has 0 unspecified atom stereocenters. The summed E-state index contributed by atoms with van der Waals surface area (Å²) in [4.78, 5) is 48.1. The summed E-state index contributed by atoms with van der Waals surface area (Å²) in [5.74, 6) is -1.87. The van der Waals surface area contributed by atoms with E-state index in [0.29, 0.717) is 29.7 Å². The fourth-order valence-electron chi connectivity index (χ4n) is 9.28. The first-order chi connectivity index (χ1) is 27.7. The first-order valence-corrected chi connectivity index (χ1v) is 23.2. The lowest BCUT2D eigenvalue weighted by Gasteiger charge is -2.55. The van der Waals surface area contributed by atoms with E-state index in [9.17, 15) is 9.90 Å². The number of aliphatic hydroxyl groups is 1. The molecule has 304 valence electrons. The fourth-order valence-corrected chi connectivity index (χ4v) is 10.7. The van der Waals surface area contributed by atoms with E-state index in [-0.39, 0.29) is 46.8 Å². The van der Waals surface area contributed by atoms with Crippen LogP contribution < -0.4 is 14.4 Å². The van der Waals surface area contributed by atoms with Gasteiger partial charge >= 0.3 is 0 Å². The third-order valence-corrected chi connectivity index (χ3v) is 17.5. The summed E-state index contributed by atoms with van der Waals surface area (Å²) in [6.07, 6.45) is 3.47. The molecule has 0 amide bonds. The predicted octanol–water partition coefficient (Wildman–Crippen LogP) is 8.69. The molecule has 1 fully saturated rings. The number of ether oxygens (including phenoxy) is 2. The summed E-state index contributed by atoms with van der Waals surface area (Å²) in [5.41, 5.74) is 2.34. The molecule has 0 spiro atoms. The molecule has 4 atom stereocenters. The molecule has 12 heteroatoms. The number of nitrogens with zero attached hydrogens (tertiary/aromatic N) is 3. The Labute approximate surface area is 341 Å². The topological polar surface area (TPSA) is 132 Å². The molecule has 3 aliphatic carbocycles. The molecule has 3 aromatic carbocycles. The molecule has 0 saturated carbocycles. The SMILES string of the molecule is CN(C)[C@@H]1c2onc(OCc3ccccc3)c2C(=O)[C@@]2(O[Si](C)(C)C(C)(C)C)C(O)=C3C(=O)c4c(OCc5ccccc5)cc(C=O)c(N5CCCC5)c4C[C@H]3C[C@@H]12. The average molecular weight is 804 g/mol. The molecule has 1 saturated heterocycles. The van der Waals surface area contributed by atoms with E-state index in [0.717, 1.165) is 54.6 Å². The highest BCUT2D eigenvalue weighted by molar-refractivity contribution is 6.74. The number of Topliss-reactive ketones (excluding diaryl/α,β-unsaturated/α-hetero) is 2. The molecule has 4 aromatic rings. The van der Waals surface area contributed by atoms with E-state index in [1.165, 1.54) is 0 Å². The van der Waals surface area contributed by atoms with Crippen LogP contribution in [0.15, 0.2) is 82.6 Å². The Balaban J connectivity index is 1.33. The number of anilines is 1. The maximum Gasteiger partial charge on any atom is 0.265 e. The number of hydrogen-bond donors (Lipinski definition) is 1. The van der Waals surface area contributed by atoms with Gasteiger partial charge in [-0.05, 0) is 91.7 Å². The second kappa shape index (κ2) is 15.0. The normalized spacial score (nSPS) is 23.0. The summed E-state index contributed by atoms with van der Waals surface area (Å²) >= 11 is 0. The van der Waals surface area contributed by atoms with Crippen molar-refractivity contribution in [3.05, 3.63) is 117 Å². The van der Waals surface area contributed by atoms with E-state index in [1.807, 2.05) is 92.8 Å². The molecule has 4 aliphatic rings. The molecule has 1 N–H and O–H groups in total. The molecule has 0 radical (unpaired) electrons. The lowest BCUT2D eigenvalue weighted by Crippen LogP contribution is -2.65. The van der Waals surface area contributed by atoms with Crippen LogP contribution in [-0.4, -0.2) is 74.1 Å². The number of aldehydes is 1. The zero-order chi connectivity index (χ0) is 41.1. The first kappa shape index (κ1) is 39.8. The number of ketones is 2. The van der Waals surface area contributed by atoms with Crippen molar-refractivity contribution in [1.29, 1.82) is 0 Å². The van der Waals surface area contributed by atoms with Crippen molar-refractivity contribution in [2.75, 3.05) is 32.1 Å². The van der Waals surface area contributed by atoms with Gasteiger partial charge in [0.1, 0.15) is 30.3 Å². The van der Waals surface area contributed by atoms with Gasteiger partial charge in [0.05, 0.1) is 17.3 Å². The zero-order valence-corrected chi connectivity index (χ0v) is 35.5. The second-order valence-corrected chi connectivity index (χ2v) is 22.6. The largest absolute Gasteiger partial charge is 0.508 e. The van der Waals surface area contributed by atoms with Gasteiger partial charge in [-0.3, -0.25) is 19.3 Å². The van der Waals surface area contributed by atoms with E-state index < -0.39 is 43.4 Å². The molecule has 0 bridgehead atoms. The lowest BCUT2D eigenvalue weighted by atomic mass is 9.58. The molecule has 58 heavy (non-hydrogen) atoms. The van der Waals surface area contributed by atoms with Crippen LogP contribution in [0.2, 0.25) is 18.1 Å². The van der Waals surface area contributed by atoms with Crippen LogP contribution in [0.25, 0.3) is 0 Å². The fraction of sp³-hybridized carbons (Fsp3) is 0.435. The number of hydrogen-bond acceptors (Lipinski definition) is 11. The van der Waals surface area contributed by atoms with Crippen molar-refractivity contribution in [1.82, 2.24) is 10.1 Å². The number of aliphatic hydroxyl groups excluding tert-OH is 1. The van der Waals surface area contributed by atoms with Crippen LogP contribution >= 0.6 is 0 Å². The predicted molar refractivity (Wildman–Crippen MR) is 222 cm³/mol. The highest BCUT2D eigenvalue weighted by Crippen LogP contribution is 2.60. The van der Waals surface area contributed by atoms with Gasteiger partial charge in [-0.2, -0.15) is 0 Å². The van der Waals surface area contributed by atoms with Gasteiger partial charge in [0.15, 0.2) is 31.7 Å². The number of fused-ring (bicyclic) bond motifs is 4. The summed E-state index contributed by atoms with van der Waals surface area (Å²) < 4.78 is 26.0.